The highest BCUT2D eigenvalue weighted by molar-refractivity contribution is 5.73. The first kappa shape index (κ1) is 8.74. The van der Waals surface area contributed by atoms with Gasteiger partial charge in [-0.3, -0.25) is 4.79 Å². The van der Waals surface area contributed by atoms with E-state index in [-0.39, 0.29) is 0 Å². The number of nitrogens with two attached hydrogens (primary N) is 1. The van der Waals surface area contributed by atoms with Gasteiger partial charge in [0, 0.05) is 0 Å². The first-order valence-corrected chi connectivity index (χ1v) is 3.72. The van der Waals surface area contributed by atoms with Gasteiger partial charge >= 0.3 is 5.97 Å². The second kappa shape index (κ2) is 3.88. The van der Waals surface area contributed by atoms with Gasteiger partial charge < -0.3 is 10.8 Å². The number of hydrogen-bond donors (Lipinski definition) is 2. The Kier molecular flexibility index (Phi) is 2.82. The molecule has 0 amide bonds. The van der Waals surface area contributed by atoms with Crippen LogP contribution in [0.4, 0.5) is 0 Å². The van der Waals surface area contributed by atoms with Crippen molar-refractivity contribution >= 4 is 5.97 Å². The molecule has 0 aliphatic heterocycles. The maximum Gasteiger partial charge on any atom is 0.320 e. The summed E-state index contributed by atoms with van der Waals surface area (Å²) in [4.78, 5) is 10.4. The van der Waals surface area contributed by atoms with E-state index in [0.717, 1.165) is 5.56 Å². The first-order chi connectivity index (χ1) is 5.70. The van der Waals surface area contributed by atoms with E-state index in [1.165, 1.54) is 0 Å². The molecule has 0 saturated heterocycles. The summed E-state index contributed by atoms with van der Waals surface area (Å²) in [5.41, 5.74) is 6.30. The second-order valence-electron chi connectivity index (χ2n) is 2.63. The molecule has 0 spiro atoms. The van der Waals surface area contributed by atoms with E-state index < -0.39 is 12.0 Å². The molecular weight excluding hydrogens is 153 g/mol. The van der Waals surface area contributed by atoms with E-state index in [1.54, 1.807) is 0 Å². The van der Waals surface area contributed by atoms with Crippen LogP contribution in [0.3, 0.4) is 0 Å². The van der Waals surface area contributed by atoms with Gasteiger partial charge in [-0.2, -0.15) is 0 Å². The van der Waals surface area contributed by atoms with Crippen LogP contribution in [0.25, 0.3) is 0 Å². The third-order valence-corrected chi connectivity index (χ3v) is 1.62. The van der Waals surface area contributed by atoms with Crippen LogP contribution in [0.5, 0.6) is 0 Å². The van der Waals surface area contributed by atoms with Crippen molar-refractivity contribution in [3.05, 3.63) is 35.9 Å². The number of carbonyl (C=O) groups is 1. The molecule has 3 N–H and O–H groups in total. The van der Waals surface area contributed by atoms with Crippen molar-refractivity contribution in [1.29, 1.82) is 0 Å². The number of rotatable bonds is 3. The van der Waals surface area contributed by atoms with Crippen molar-refractivity contribution in [1.82, 2.24) is 0 Å². The Morgan fingerprint density at radius 3 is 2.50 bits per heavy atom. The summed E-state index contributed by atoms with van der Waals surface area (Å²) < 4.78 is 0. The summed E-state index contributed by atoms with van der Waals surface area (Å²) in [5.74, 6) is -0.959. The fourth-order valence-corrected chi connectivity index (χ4v) is 0.955. The molecule has 0 aromatic heterocycles. The zero-order chi connectivity index (χ0) is 8.97. The van der Waals surface area contributed by atoms with Crippen molar-refractivity contribution in [2.45, 2.75) is 12.5 Å². The molecular formula is C9H11NO2. The van der Waals surface area contributed by atoms with Gasteiger partial charge in [-0.1, -0.05) is 30.3 Å². The Labute approximate surface area is 70.8 Å². The van der Waals surface area contributed by atoms with Crippen molar-refractivity contribution in [2.75, 3.05) is 0 Å². The molecule has 0 heterocycles. The summed E-state index contributed by atoms with van der Waals surface area (Å²) in [5, 5.41) is 8.52. The average Bonchev–Trinajstić information content (AvgIpc) is 2.06. The van der Waals surface area contributed by atoms with Crippen LogP contribution in [-0.2, 0) is 11.2 Å². The van der Waals surface area contributed by atoms with E-state index in [4.69, 9.17) is 10.8 Å². The summed E-state index contributed by atoms with van der Waals surface area (Å²) in [6.07, 6.45) is 0.385. The second-order valence-corrected chi connectivity index (χ2v) is 2.63. The highest BCUT2D eigenvalue weighted by Gasteiger charge is 2.10. The van der Waals surface area contributed by atoms with Crippen LogP contribution < -0.4 is 5.73 Å². The quantitative estimate of drug-likeness (QED) is 0.689. The first-order valence-electron chi connectivity index (χ1n) is 3.72. The van der Waals surface area contributed by atoms with Crippen molar-refractivity contribution < 1.29 is 9.90 Å². The smallest absolute Gasteiger partial charge is 0.320 e. The molecule has 0 aliphatic carbocycles. The van der Waals surface area contributed by atoms with Crippen molar-refractivity contribution in [3.8, 4) is 0 Å². The van der Waals surface area contributed by atoms with Crippen molar-refractivity contribution in [2.24, 2.45) is 5.73 Å². The van der Waals surface area contributed by atoms with Crippen molar-refractivity contribution in [3.63, 3.8) is 0 Å². The predicted molar refractivity (Wildman–Crippen MR) is 45.8 cm³/mol. The Bertz CT molecular complexity index is 258. The lowest BCUT2D eigenvalue weighted by atomic mass is 10.1. The molecule has 3 heteroatoms. The number of hydrogen-bond acceptors (Lipinski definition) is 2. The summed E-state index contributed by atoms with van der Waals surface area (Å²) >= 11 is 0. The lowest BCUT2D eigenvalue weighted by molar-refractivity contribution is -0.138. The molecule has 1 rings (SSSR count). The number of carboxylic acid groups (broad SMARTS) is 1. The van der Waals surface area contributed by atoms with Gasteiger partial charge in [-0.15, -0.1) is 0 Å². The van der Waals surface area contributed by atoms with Gasteiger partial charge in [0.05, 0.1) is 0 Å². The molecule has 0 saturated carbocycles. The molecule has 1 atom stereocenters. The van der Waals surface area contributed by atoms with E-state index in [1.807, 2.05) is 30.3 Å². The molecule has 64 valence electrons. The Morgan fingerprint density at radius 2 is 2.00 bits per heavy atom. The Balaban J connectivity index is 2.58. The van der Waals surface area contributed by atoms with Gasteiger partial charge in [-0.25, -0.2) is 0 Å². The molecule has 0 radical (unpaired) electrons. The topological polar surface area (TPSA) is 63.3 Å². The fourth-order valence-electron chi connectivity index (χ4n) is 0.955. The fraction of sp³-hybridized carbons (Fsp3) is 0.222. The summed E-state index contributed by atoms with van der Waals surface area (Å²) in [6.45, 7) is 0. The minimum Gasteiger partial charge on any atom is -0.480 e. The highest BCUT2D eigenvalue weighted by atomic mass is 16.4. The number of benzene rings is 1. The van der Waals surface area contributed by atoms with Crippen LogP contribution in [0.2, 0.25) is 0 Å². The largest absolute Gasteiger partial charge is 0.480 e. The van der Waals surface area contributed by atoms with Crippen LogP contribution >= 0.6 is 0 Å². The van der Waals surface area contributed by atoms with E-state index in [2.05, 4.69) is 0 Å². The van der Waals surface area contributed by atoms with Crippen LogP contribution in [-0.4, -0.2) is 17.1 Å². The van der Waals surface area contributed by atoms with Gasteiger partial charge in [-0.05, 0) is 12.0 Å². The zero-order valence-electron chi connectivity index (χ0n) is 6.60. The lowest BCUT2D eigenvalue weighted by Gasteiger charge is -2.04. The maximum atomic E-state index is 10.4. The molecule has 1 aromatic carbocycles. The van der Waals surface area contributed by atoms with Gasteiger partial charge in [0.15, 0.2) is 0 Å². The normalized spacial score (nSPS) is 12.4. The Morgan fingerprint density at radius 1 is 1.42 bits per heavy atom. The summed E-state index contributed by atoms with van der Waals surface area (Å²) in [6, 6.07) is 8.54. The third-order valence-electron chi connectivity index (χ3n) is 1.62. The van der Waals surface area contributed by atoms with Gasteiger partial charge in [0.25, 0.3) is 0 Å². The molecule has 3 nitrogen and oxygen atoms in total. The van der Waals surface area contributed by atoms with Gasteiger partial charge in [0.2, 0.25) is 0 Å². The minimum atomic E-state index is -0.959. The van der Waals surface area contributed by atoms with Crippen LogP contribution in [0.15, 0.2) is 30.3 Å². The zero-order valence-corrected chi connectivity index (χ0v) is 6.60. The third kappa shape index (κ3) is 2.36. The predicted octanol–water partition coefficient (Wildman–Crippen LogP) is 0.641. The van der Waals surface area contributed by atoms with Crippen LogP contribution in [0, 0.1) is 0 Å². The Hall–Kier alpha value is -1.35. The molecule has 0 aliphatic rings. The van der Waals surface area contributed by atoms with E-state index in [9.17, 15) is 4.79 Å². The molecule has 1 aromatic rings. The van der Waals surface area contributed by atoms with E-state index >= 15 is 0 Å². The molecule has 0 fully saturated rings. The number of aliphatic carboxylic acids is 1. The SMILES string of the molecule is [13NH2]C(Cc1ccccc1)C(=O)O. The minimum absolute atomic E-state index is 0.385. The standard InChI is InChI=1S/C9H11NO2/c10-8(9(11)12)6-7-4-2-1-3-5-7/h1-5,8H,6,10H2,(H,11,12)/i10-1. The average molecular weight is 164 g/mol. The highest BCUT2D eigenvalue weighted by Crippen LogP contribution is 2.01. The molecule has 1 unspecified atom stereocenters. The number of carboxylic acids is 1. The van der Waals surface area contributed by atoms with Gasteiger partial charge in [0.1, 0.15) is 6.04 Å². The van der Waals surface area contributed by atoms with E-state index in [0.29, 0.717) is 6.42 Å². The lowest BCUT2D eigenvalue weighted by Crippen LogP contribution is -2.32. The monoisotopic (exact) mass is 164 g/mol. The maximum absolute atomic E-state index is 10.4. The summed E-state index contributed by atoms with van der Waals surface area (Å²) in [7, 11) is 0. The molecule has 12 heavy (non-hydrogen) atoms. The molecule has 0 bridgehead atoms. The van der Waals surface area contributed by atoms with Crippen LogP contribution in [0.1, 0.15) is 5.56 Å².